The van der Waals surface area contributed by atoms with E-state index in [1.165, 1.54) is 6.07 Å². The molecule has 1 aliphatic rings. The fourth-order valence-electron chi connectivity index (χ4n) is 2.61. The lowest BCUT2D eigenvalue weighted by Crippen LogP contribution is -2.51. The number of hydrogen-bond donors (Lipinski definition) is 2. The second-order valence-corrected chi connectivity index (χ2v) is 7.22. The van der Waals surface area contributed by atoms with Crippen LogP contribution in [0.15, 0.2) is 16.5 Å². The van der Waals surface area contributed by atoms with E-state index in [-0.39, 0.29) is 23.2 Å². The maximum Gasteiger partial charge on any atom is 0.433 e. The molecule has 0 bridgehead atoms. The van der Waals surface area contributed by atoms with Crippen molar-refractivity contribution in [1.29, 1.82) is 0 Å². The number of piperidine rings is 1. The van der Waals surface area contributed by atoms with Crippen LogP contribution in [0.4, 0.5) is 10.7 Å². The smallest absolute Gasteiger partial charge is 0.395 e. The molecule has 25 heavy (non-hydrogen) atoms. The van der Waals surface area contributed by atoms with Gasteiger partial charge in [-0.1, -0.05) is 0 Å². The first kappa shape index (κ1) is 18.8. The van der Waals surface area contributed by atoms with Gasteiger partial charge >= 0.3 is 11.9 Å². The van der Waals surface area contributed by atoms with Gasteiger partial charge in [0.2, 0.25) is 0 Å². The Kier molecular flexibility index (Phi) is 5.66. The molecule has 1 aliphatic heterocycles. The highest BCUT2D eigenvalue weighted by molar-refractivity contribution is 5.91. The number of rotatable bonds is 4. The predicted octanol–water partition coefficient (Wildman–Crippen LogP) is 2.14. The zero-order chi connectivity index (χ0) is 18.6. The van der Waals surface area contributed by atoms with Gasteiger partial charge in [0.15, 0.2) is 5.76 Å². The van der Waals surface area contributed by atoms with Crippen LogP contribution in [0.3, 0.4) is 0 Å². The van der Waals surface area contributed by atoms with Crippen molar-refractivity contribution in [3.8, 4) is 0 Å². The molecule has 1 fully saturated rings. The van der Waals surface area contributed by atoms with Crippen molar-refractivity contribution in [3.05, 3.63) is 28.0 Å². The molecule has 2 N–H and O–H groups in total. The zero-order valence-electron chi connectivity index (χ0n) is 14.7. The van der Waals surface area contributed by atoms with E-state index in [1.807, 2.05) is 20.8 Å². The average Bonchev–Trinajstić information content (AvgIpc) is 3.01. The number of nitro groups is 1. The Balaban J connectivity index is 1.75. The van der Waals surface area contributed by atoms with Gasteiger partial charge in [-0.25, -0.2) is 4.79 Å². The van der Waals surface area contributed by atoms with Crippen LogP contribution in [0, 0.1) is 16.0 Å². The Morgan fingerprint density at radius 1 is 1.32 bits per heavy atom. The fraction of sp³-hybridized carbons (Fsp3) is 0.625. The van der Waals surface area contributed by atoms with Crippen LogP contribution < -0.4 is 10.6 Å². The van der Waals surface area contributed by atoms with Crippen molar-refractivity contribution in [2.75, 3.05) is 19.6 Å². The van der Waals surface area contributed by atoms with Gasteiger partial charge in [0.05, 0.1) is 6.07 Å². The maximum absolute atomic E-state index is 12.1. The number of hydrogen-bond acceptors (Lipinski definition) is 5. The van der Waals surface area contributed by atoms with Crippen molar-refractivity contribution < 1.29 is 18.9 Å². The summed E-state index contributed by atoms with van der Waals surface area (Å²) in [5.41, 5.74) is -0.270. The Bertz CT molecular complexity index is 641. The van der Waals surface area contributed by atoms with Gasteiger partial charge in [0.25, 0.3) is 5.91 Å². The van der Waals surface area contributed by atoms with Crippen molar-refractivity contribution in [2.45, 2.75) is 39.2 Å². The Morgan fingerprint density at radius 2 is 1.96 bits per heavy atom. The van der Waals surface area contributed by atoms with Crippen LogP contribution in [0.5, 0.6) is 0 Å². The van der Waals surface area contributed by atoms with Crippen molar-refractivity contribution >= 4 is 17.8 Å². The lowest BCUT2D eigenvalue weighted by Gasteiger charge is -2.34. The minimum atomic E-state index is -0.685. The zero-order valence-corrected chi connectivity index (χ0v) is 14.7. The van der Waals surface area contributed by atoms with Gasteiger partial charge in [-0.05, 0) is 45.6 Å². The summed E-state index contributed by atoms with van der Waals surface area (Å²) in [5, 5.41) is 16.2. The molecule has 0 aromatic carbocycles. The summed E-state index contributed by atoms with van der Waals surface area (Å²) in [7, 11) is 0. The SMILES string of the molecule is CC(C)(C)NC(=O)N1CCC(CNC(=O)c2ccc([N+](=O)[O-])o2)CC1. The third-order valence-corrected chi connectivity index (χ3v) is 3.93. The van der Waals surface area contributed by atoms with Gasteiger partial charge in [-0.15, -0.1) is 0 Å². The molecule has 2 heterocycles. The summed E-state index contributed by atoms with van der Waals surface area (Å²) >= 11 is 0. The summed E-state index contributed by atoms with van der Waals surface area (Å²) < 4.78 is 4.87. The van der Waals surface area contributed by atoms with E-state index in [2.05, 4.69) is 10.6 Å². The molecule has 1 saturated heterocycles. The highest BCUT2D eigenvalue weighted by Gasteiger charge is 2.26. The molecule has 9 nitrogen and oxygen atoms in total. The highest BCUT2D eigenvalue weighted by atomic mass is 16.6. The molecule has 138 valence electrons. The molecule has 3 amide bonds. The molecule has 0 spiro atoms. The molecule has 0 unspecified atom stereocenters. The lowest BCUT2D eigenvalue weighted by molar-refractivity contribution is -0.402. The second-order valence-electron chi connectivity index (χ2n) is 7.22. The molecule has 0 radical (unpaired) electrons. The molecule has 9 heteroatoms. The lowest BCUT2D eigenvalue weighted by atomic mass is 9.97. The second kappa shape index (κ2) is 7.54. The summed E-state index contributed by atoms with van der Waals surface area (Å²) in [4.78, 5) is 35.7. The Morgan fingerprint density at radius 3 is 2.48 bits per heavy atom. The van der Waals surface area contributed by atoms with E-state index in [9.17, 15) is 19.7 Å². The van der Waals surface area contributed by atoms with Crippen LogP contribution in [0.25, 0.3) is 0 Å². The first-order chi connectivity index (χ1) is 11.7. The van der Waals surface area contributed by atoms with Gasteiger partial charge < -0.3 is 20.0 Å². The number of likely N-dealkylation sites (tertiary alicyclic amines) is 1. The van der Waals surface area contributed by atoms with Gasteiger partial charge in [0.1, 0.15) is 4.92 Å². The van der Waals surface area contributed by atoms with Crippen LogP contribution in [-0.2, 0) is 0 Å². The van der Waals surface area contributed by atoms with Crippen molar-refractivity contribution in [2.24, 2.45) is 5.92 Å². The predicted molar refractivity (Wildman–Crippen MR) is 90.3 cm³/mol. The number of furan rings is 1. The monoisotopic (exact) mass is 352 g/mol. The van der Waals surface area contributed by atoms with E-state index >= 15 is 0 Å². The van der Waals surface area contributed by atoms with Gasteiger partial charge in [-0.2, -0.15) is 0 Å². The maximum atomic E-state index is 12.1. The first-order valence-electron chi connectivity index (χ1n) is 8.25. The molecule has 0 saturated carbocycles. The molecule has 1 aromatic heterocycles. The van der Waals surface area contributed by atoms with Gasteiger partial charge in [-0.3, -0.25) is 14.9 Å². The quantitative estimate of drug-likeness (QED) is 0.636. The number of carbonyl (C=O) groups excluding carboxylic acids is 2. The van der Waals surface area contributed by atoms with E-state index in [0.29, 0.717) is 19.6 Å². The standard InChI is InChI=1S/C16H24N4O5/c1-16(2,3)18-15(22)19-8-6-11(7-9-19)10-17-14(21)12-4-5-13(25-12)20(23)24/h4-5,11H,6-10H2,1-3H3,(H,17,21)(H,18,22). The van der Waals surface area contributed by atoms with Crippen LogP contribution in [-0.4, -0.2) is 46.9 Å². The number of amides is 3. The third kappa shape index (κ3) is 5.47. The molecular weight excluding hydrogens is 328 g/mol. The van der Waals surface area contributed by atoms with Gasteiger partial charge in [0, 0.05) is 25.2 Å². The van der Waals surface area contributed by atoms with Crippen molar-refractivity contribution in [1.82, 2.24) is 15.5 Å². The third-order valence-electron chi connectivity index (χ3n) is 3.93. The summed E-state index contributed by atoms with van der Waals surface area (Å²) in [5.74, 6) is -0.745. The Labute approximate surface area is 145 Å². The van der Waals surface area contributed by atoms with Crippen LogP contribution >= 0.6 is 0 Å². The minimum absolute atomic E-state index is 0.0714. The van der Waals surface area contributed by atoms with E-state index in [1.54, 1.807) is 4.90 Å². The normalized spacial score (nSPS) is 15.7. The van der Waals surface area contributed by atoms with E-state index in [0.717, 1.165) is 18.9 Å². The van der Waals surface area contributed by atoms with Crippen LogP contribution in [0.1, 0.15) is 44.2 Å². The first-order valence-corrected chi connectivity index (χ1v) is 8.25. The average molecular weight is 352 g/mol. The number of urea groups is 1. The largest absolute Gasteiger partial charge is 0.433 e. The number of nitrogens with zero attached hydrogens (tertiary/aromatic N) is 2. The molecule has 0 aliphatic carbocycles. The molecule has 0 atom stereocenters. The summed E-state index contributed by atoms with van der Waals surface area (Å²) in [6.45, 7) is 7.52. The van der Waals surface area contributed by atoms with Crippen LogP contribution in [0.2, 0.25) is 0 Å². The van der Waals surface area contributed by atoms with E-state index in [4.69, 9.17) is 4.42 Å². The molecule has 2 rings (SSSR count). The number of nitrogens with one attached hydrogen (secondary N) is 2. The Hall–Kier alpha value is -2.58. The molecular formula is C16H24N4O5. The number of carbonyl (C=O) groups is 2. The fourth-order valence-corrected chi connectivity index (χ4v) is 2.61. The summed E-state index contributed by atoms with van der Waals surface area (Å²) in [6, 6.07) is 2.37. The van der Waals surface area contributed by atoms with E-state index < -0.39 is 16.7 Å². The van der Waals surface area contributed by atoms with Crippen molar-refractivity contribution in [3.63, 3.8) is 0 Å². The topological polar surface area (TPSA) is 118 Å². The minimum Gasteiger partial charge on any atom is -0.395 e. The summed E-state index contributed by atoms with van der Waals surface area (Å²) in [6.07, 6.45) is 1.58. The molecule has 1 aromatic rings. The highest BCUT2D eigenvalue weighted by Crippen LogP contribution is 2.18.